The number of carbonyl (C=O) groups excluding carboxylic acids is 2. The summed E-state index contributed by atoms with van der Waals surface area (Å²) >= 11 is 2.57. The van der Waals surface area contributed by atoms with Gasteiger partial charge in [0.1, 0.15) is 17.3 Å². The Labute approximate surface area is 226 Å². The SMILES string of the molecule is CCOc1ccc(/C(O)=C2/C(=O)C(=O)N(c3nnc(SCc4ccc(F)cc4)s3)C2c2ccccc2)cc1. The van der Waals surface area contributed by atoms with Crippen LogP contribution in [0.1, 0.15) is 29.7 Å². The van der Waals surface area contributed by atoms with Crippen molar-refractivity contribution in [1.29, 1.82) is 0 Å². The lowest BCUT2D eigenvalue weighted by Crippen LogP contribution is -2.29. The van der Waals surface area contributed by atoms with Crippen LogP contribution in [0.15, 0.2) is 88.8 Å². The van der Waals surface area contributed by atoms with Gasteiger partial charge in [0.2, 0.25) is 5.13 Å². The summed E-state index contributed by atoms with van der Waals surface area (Å²) in [6.45, 7) is 2.37. The number of anilines is 1. The summed E-state index contributed by atoms with van der Waals surface area (Å²) in [5, 5.41) is 19.9. The van der Waals surface area contributed by atoms with E-state index < -0.39 is 17.7 Å². The number of hydrogen-bond acceptors (Lipinski definition) is 8. The molecule has 0 radical (unpaired) electrons. The number of Topliss-reactive ketones (excluding diaryl/α,β-unsaturated/α-hetero) is 1. The van der Waals surface area contributed by atoms with E-state index in [0.717, 1.165) is 5.56 Å². The maximum atomic E-state index is 13.3. The van der Waals surface area contributed by atoms with Crippen LogP contribution in [0, 0.1) is 5.82 Å². The Morgan fingerprint density at radius 1 is 1.03 bits per heavy atom. The molecule has 38 heavy (non-hydrogen) atoms. The van der Waals surface area contributed by atoms with Gasteiger partial charge in [0.15, 0.2) is 4.34 Å². The average molecular weight is 548 g/mol. The number of amides is 1. The first kappa shape index (κ1) is 25.6. The molecule has 1 aromatic heterocycles. The van der Waals surface area contributed by atoms with Gasteiger partial charge in [-0.2, -0.15) is 0 Å². The van der Waals surface area contributed by atoms with Crippen molar-refractivity contribution in [2.24, 2.45) is 0 Å². The van der Waals surface area contributed by atoms with Crippen LogP contribution in [0.3, 0.4) is 0 Å². The first-order valence-electron chi connectivity index (χ1n) is 11.8. The van der Waals surface area contributed by atoms with Crippen LogP contribution < -0.4 is 9.64 Å². The van der Waals surface area contributed by atoms with Gasteiger partial charge in [0.25, 0.3) is 5.78 Å². The topological polar surface area (TPSA) is 92.6 Å². The number of carbonyl (C=O) groups is 2. The van der Waals surface area contributed by atoms with Crippen molar-refractivity contribution in [1.82, 2.24) is 10.2 Å². The number of thioether (sulfide) groups is 1. The van der Waals surface area contributed by atoms with Gasteiger partial charge >= 0.3 is 5.91 Å². The molecule has 5 rings (SSSR count). The van der Waals surface area contributed by atoms with E-state index in [-0.39, 0.29) is 22.3 Å². The highest BCUT2D eigenvalue weighted by atomic mass is 32.2. The summed E-state index contributed by atoms with van der Waals surface area (Å²) in [5.41, 5.74) is 1.92. The Bertz CT molecular complexity index is 1490. The predicted molar refractivity (Wildman–Crippen MR) is 145 cm³/mol. The van der Waals surface area contributed by atoms with Gasteiger partial charge in [0, 0.05) is 11.3 Å². The number of rotatable bonds is 8. The summed E-state index contributed by atoms with van der Waals surface area (Å²) in [4.78, 5) is 27.9. The second-order valence-corrected chi connectivity index (χ2v) is 10.5. The fourth-order valence-electron chi connectivity index (χ4n) is 4.10. The predicted octanol–water partition coefficient (Wildman–Crippen LogP) is 5.99. The van der Waals surface area contributed by atoms with E-state index in [4.69, 9.17) is 4.74 Å². The lowest BCUT2D eigenvalue weighted by atomic mass is 9.95. The minimum Gasteiger partial charge on any atom is -0.507 e. The molecule has 1 saturated heterocycles. The highest BCUT2D eigenvalue weighted by Crippen LogP contribution is 2.44. The number of benzene rings is 3. The molecule has 7 nitrogen and oxygen atoms in total. The molecule has 3 aromatic carbocycles. The number of aromatic nitrogens is 2. The monoisotopic (exact) mass is 547 g/mol. The van der Waals surface area contributed by atoms with Crippen molar-refractivity contribution in [2.45, 2.75) is 23.1 Å². The van der Waals surface area contributed by atoms with Crippen LogP contribution in [0.5, 0.6) is 5.75 Å². The second-order valence-electron chi connectivity index (χ2n) is 8.30. The maximum absolute atomic E-state index is 13.3. The third kappa shape index (κ3) is 5.18. The van der Waals surface area contributed by atoms with Crippen molar-refractivity contribution in [3.63, 3.8) is 0 Å². The molecular formula is C28H22FN3O4S2. The van der Waals surface area contributed by atoms with Gasteiger partial charge in [0.05, 0.1) is 18.2 Å². The number of halogens is 1. The van der Waals surface area contributed by atoms with Gasteiger partial charge in [-0.3, -0.25) is 14.5 Å². The van der Waals surface area contributed by atoms with Crippen molar-refractivity contribution in [3.05, 3.63) is 107 Å². The lowest BCUT2D eigenvalue weighted by Gasteiger charge is -2.22. The number of nitrogens with zero attached hydrogens (tertiary/aromatic N) is 3. The molecule has 1 fully saturated rings. The third-order valence-electron chi connectivity index (χ3n) is 5.88. The van der Waals surface area contributed by atoms with Gasteiger partial charge in [-0.1, -0.05) is 65.6 Å². The van der Waals surface area contributed by atoms with Gasteiger partial charge in [-0.05, 0) is 54.4 Å². The van der Waals surface area contributed by atoms with Crippen molar-refractivity contribution >= 4 is 45.7 Å². The molecule has 1 aliphatic heterocycles. The minimum absolute atomic E-state index is 0.0268. The Kier molecular flexibility index (Phi) is 7.52. The zero-order valence-electron chi connectivity index (χ0n) is 20.2. The van der Waals surface area contributed by atoms with Crippen molar-refractivity contribution in [3.8, 4) is 5.75 Å². The van der Waals surface area contributed by atoms with Crippen LogP contribution in [-0.2, 0) is 15.3 Å². The minimum atomic E-state index is -0.884. The third-order valence-corrected chi connectivity index (χ3v) is 8.00. The van der Waals surface area contributed by atoms with Gasteiger partial charge < -0.3 is 9.84 Å². The van der Waals surface area contributed by atoms with Crippen LogP contribution in [-0.4, -0.2) is 33.6 Å². The van der Waals surface area contributed by atoms with Crippen LogP contribution in [0.2, 0.25) is 0 Å². The second kappa shape index (κ2) is 11.2. The molecule has 4 aromatic rings. The van der Waals surface area contributed by atoms with Crippen LogP contribution in [0.25, 0.3) is 5.76 Å². The summed E-state index contributed by atoms with van der Waals surface area (Å²) in [7, 11) is 0. The molecule has 192 valence electrons. The normalized spacial score (nSPS) is 16.7. The van der Waals surface area contributed by atoms with E-state index in [1.54, 1.807) is 60.7 Å². The molecule has 1 amide bonds. The number of aliphatic hydroxyl groups is 1. The number of ether oxygens (including phenoxy) is 1. The molecule has 0 spiro atoms. The molecule has 1 aliphatic rings. The Morgan fingerprint density at radius 3 is 2.42 bits per heavy atom. The Balaban J connectivity index is 1.50. The molecule has 1 unspecified atom stereocenters. The number of aliphatic hydroxyl groups excluding tert-OH is 1. The first-order valence-corrected chi connectivity index (χ1v) is 13.6. The van der Waals surface area contributed by atoms with Crippen LogP contribution >= 0.6 is 23.1 Å². The fourth-order valence-corrected chi connectivity index (χ4v) is 5.92. The first-order chi connectivity index (χ1) is 18.5. The zero-order chi connectivity index (χ0) is 26.6. The summed E-state index contributed by atoms with van der Waals surface area (Å²) in [6.07, 6.45) is 0. The smallest absolute Gasteiger partial charge is 0.301 e. The zero-order valence-corrected chi connectivity index (χ0v) is 21.8. The molecule has 0 saturated carbocycles. The summed E-state index contributed by atoms with van der Waals surface area (Å²) in [6, 6.07) is 21.0. The molecule has 10 heteroatoms. The number of hydrogen-bond donors (Lipinski definition) is 1. The highest BCUT2D eigenvalue weighted by Gasteiger charge is 2.48. The standard InChI is InChI=1S/C28H22FN3O4S2/c1-2-36-21-14-10-19(11-15-21)24(33)22-23(18-6-4-3-5-7-18)32(26(35)25(22)34)27-30-31-28(38-27)37-16-17-8-12-20(29)13-9-17/h3-15,23,33H,2,16H2,1H3/b24-22-. The average Bonchev–Trinajstić information content (AvgIpc) is 3.51. The Morgan fingerprint density at radius 2 is 1.74 bits per heavy atom. The maximum Gasteiger partial charge on any atom is 0.301 e. The molecule has 0 aliphatic carbocycles. The van der Waals surface area contributed by atoms with Crippen molar-refractivity contribution < 1.29 is 23.8 Å². The quantitative estimate of drug-likeness (QED) is 0.0952. The van der Waals surface area contributed by atoms with Crippen LogP contribution in [0.4, 0.5) is 9.52 Å². The van der Waals surface area contributed by atoms with E-state index in [9.17, 15) is 19.1 Å². The molecule has 0 bridgehead atoms. The van der Waals surface area contributed by atoms with E-state index in [1.807, 2.05) is 13.0 Å². The summed E-state index contributed by atoms with van der Waals surface area (Å²) < 4.78 is 19.3. The summed E-state index contributed by atoms with van der Waals surface area (Å²) in [5.74, 6) is -1.02. The fraction of sp³-hybridized carbons (Fsp3) is 0.143. The van der Waals surface area contributed by atoms with E-state index in [0.29, 0.717) is 33.6 Å². The largest absolute Gasteiger partial charge is 0.507 e. The molecule has 2 heterocycles. The van der Waals surface area contributed by atoms with Gasteiger partial charge in [-0.25, -0.2) is 4.39 Å². The van der Waals surface area contributed by atoms with Crippen molar-refractivity contribution in [2.75, 3.05) is 11.5 Å². The Hall–Kier alpha value is -4.02. The highest BCUT2D eigenvalue weighted by molar-refractivity contribution is 8.00. The van der Waals surface area contributed by atoms with E-state index >= 15 is 0 Å². The number of ketones is 1. The van der Waals surface area contributed by atoms with Gasteiger partial charge in [-0.15, -0.1) is 10.2 Å². The molecular weight excluding hydrogens is 525 g/mol. The van der Waals surface area contributed by atoms with E-state index in [2.05, 4.69) is 10.2 Å². The molecule has 1 atom stereocenters. The lowest BCUT2D eigenvalue weighted by molar-refractivity contribution is -0.132. The van der Waals surface area contributed by atoms with E-state index in [1.165, 1.54) is 40.1 Å². The molecule has 1 N–H and O–H groups in total.